The maximum absolute atomic E-state index is 12.9. The van der Waals surface area contributed by atoms with Gasteiger partial charge >= 0.3 is 0 Å². The fraction of sp³-hybridized carbons (Fsp3) is 0.176. The molecule has 0 amide bonds. The number of rotatable bonds is 5. The van der Waals surface area contributed by atoms with Crippen LogP contribution in [0.1, 0.15) is 11.5 Å². The van der Waals surface area contributed by atoms with Gasteiger partial charge in [0.25, 0.3) is 10.0 Å². The smallest absolute Gasteiger partial charge is 0.268 e. The van der Waals surface area contributed by atoms with Crippen molar-refractivity contribution in [1.82, 2.24) is 3.97 Å². The molecule has 2 N–H and O–H groups in total. The van der Waals surface area contributed by atoms with Gasteiger partial charge in [-0.05, 0) is 23.8 Å². The number of hydrogen-bond donors (Lipinski definition) is 2. The average molecular weight is 331 g/mol. The molecule has 2 aromatic carbocycles. The fourth-order valence-corrected chi connectivity index (χ4v) is 4.06. The van der Waals surface area contributed by atoms with Crippen LogP contribution in [0.5, 0.6) is 0 Å². The number of hydrogen-bond acceptors (Lipinski definition) is 4. The summed E-state index contributed by atoms with van der Waals surface area (Å²) in [5.74, 6) is -0.521. The number of aliphatic hydroxyl groups is 2. The minimum atomic E-state index is -3.74. The highest BCUT2D eigenvalue weighted by atomic mass is 32.2. The Bertz CT molecular complexity index is 912. The first kappa shape index (κ1) is 15.7. The normalized spacial score (nSPS) is 12.1. The van der Waals surface area contributed by atoms with Crippen molar-refractivity contribution in [2.24, 2.45) is 0 Å². The van der Waals surface area contributed by atoms with E-state index in [9.17, 15) is 18.6 Å². The van der Waals surface area contributed by atoms with Crippen LogP contribution < -0.4 is 0 Å². The van der Waals surface area contributed by atoms with Crippen molar-refractivity contribution in [2.45, 2.75) is 10.8 Å². The van der Waals surface area contributed by atoms with Gasteiger partial charge in [0.2, 0.25) is 0 Å². The van der Waals surface area contributed by atoms with Crippen LogP contribution >= 0.6 is 0 Å². The number of benzene rings is 2. The van der Waals surface area contributed by atoms with E-state index < -0.39 is 15.9 Å². The molecule has 0 unspecified atom stereocenters. The lowest BCUT2D eigenvalue weighted by Crippen LogP contribution is -2.12. The largest absolute Gasteiger partial charge is 0.396 e. The van der Waals surface area contributed by atoms with E-state index in [-0.39, 0.29) is 18.1 Å². The highest BCUT2D eigenvalue weighted by Crippen LogP contribution is 2.30. The van der Waals surface area contributed by atoms with E-state index >= 15 is 0 Å². The molecular formula is C17H17NO4S. The number of aromatic nitrogens is 1. The molecule has 3 rings (SSSR count). The standard InChI is InChI=1S/C17H17NO4S/c19-11-13(12-20)16-10-18(17-9-5-4-8-15(16)17)23(21,22)14-6-2-1-3-7-14/h1-10,13,19-20H,11-12H2. The summed E-state index contributed by atoms with van der Waals surface area (Å²) in [6.45, 7) is -0.508. The minimum Gasteiger partial charge on any atom is -0.396 e. The topological polar surface area (TPSA) is 79.5 Å². The van der Waals surface area contributed by atoms with Crippen molar-refractivity contribution in [2.75, 3.05) is 13.2 Å². The van der Waals surface area contributed by atoms with Crippen molar-refractivity contribution < 1.29 is 18.6 Å². The van der Waals surface area contributed by atoms with Crippen LogP contribution in [0.15, 0.2) is 65.7 Å². The summed E-state index contributed by atoms with van der Waals surface area (Å²) in [5.41, 5.74) is 1.14. The second kappa shape index (κ2) is 6.16. The first-order valence-corrected chi connectivity index (χ1v) is 8.66. The fourth-order valence-electron chi connectivity index (χ4n) is 2.66. The van der Waals surface area contributed by atoms with Gasteiger partial charge in [0.15, 0.2) is 0 Å². The molecule has 0 fully saturated rings. The van der Waals surface area contributed by atoms with Crippen LogP contribution in [0.4, 0.5) is 0 Å². The van der Waals surface area contributed by atoms with Crippen molar-refractivity contribution in [3.05, 3.63) is 66.4 Å². The summed E-state index contributed by atoms with van der Waals surface area (Å²) in [6, 6.07) is 15.2. The molecule has 3 aromatic rings. The van der Waals surface area contributed by atoms with Crippen LogP contribution in [0.3, 0.4) is 0 Å². The molecule has 0 saturated heterocycles. The molecule has 0 aliphatic rings. The lowest BCUT2D eigenvalue weighted by atomic mass is 10.0. The Morgan fingerprint density at radius 2 is 1.52 bits per heavy atom. The first-order chi connectivity index (χ1) is 11.1. The second-order valence-electron chi connectivity index (χ2n) is 5.28. The van der Waals surface area contributed by atoms with Gasteiger partial charge in [-0.1, -0.05) is 36.4 Å². The summed E-state index contributed by atoms with van der Waals surface area (Å²) >= 11 is 0. The van der Waals surface area contributed by atoms with E-state index in [1.165, 1.54) is 10.2 Å². The molecule has 0 spiro atoms. The predicted molar refractivity (Wildman–Crippen MR) is 87.9 cm³/mol. The van der Waals surface area contributed by atoms with E-state index in [1.54, 1.807) is 54.6 Å². The zero-order valence-corrected chi connectivity index (χ0v) is 13.1. The van der Waals surface area contributed by atoms with E-state index in [1.807, 2.05) is 0 Å². The Hall–Kier alpha value is -2.15. The number of nitrogens with zero attached hydrogens (tertiary/aromatic N) is 1. The molecule has 0 bridgehead atoms. The zero-order chi connectivity index (χ0) is 16.4. The summed E-state index contributed by atoms with van der Waals surface area (Å²) < 4.78 is 27.0. The summed E-state index contributed by atoms with van der Waals surface area (Å²) in [7, 11) is -3.74. The van der Waals surface area contributed by atoms with Crippen molar-refractivity contribution in [1.29, 1.82) is 0 Å². The Kier molecular flexibility index (Phi) is 4.21. The molecule has 120 valence electrons. The van der Waals surface area contributed by atoms with Gasteiger partial charge in [-0.15, -0.1) is 0 Å². The summed E-state index contributed by atoms with van der Waals surface area (Å²) in [6.07, 6.45) is 1.49. The van der Waals surface area contributed by atoms with Gasteiger partial charge in [-0.2, -0.15) is 0 Å². The maximum atomic E-state index is 12.9. The lowest BCUT2D eigenvalue weighted by Gasteiger charge is -2.09. The number of para-hydroxylation sites is 1. The Balaban J connectivity index is 2.27. The molecule has 23 heavy (non-hydrogen) atoms. The highest BCUT2D eigenvalue weighted by Gasteiger charge is 2.23. The third kappa shape index (κ3) is 2.65. The third-order valence-corrected chi connectivity index (χ3v) is 5.58. The first-order valence-electron chi connectivity index (χ1n) is 7.22. The molecular weight excluding hydrogens is 314 g/mol. The molecule has 1 heterocycles. The molecule has 5 nitrogen and oxygen atoms in total. The van der Waals surface area contributed by atoms with Crippen LogP contribution in [-0.4, -0.2) is 35.8 Å². The Morgan fingerprint density at radius 1 is 0.913 bits per heavy atom. The summed E-state index contributed by atoms with van der Waals surface area (Å²) in [4.78, 5) is 0.192. The summed E-state index contributed by atoms with van der Waals surface area (Å²) in [5, 5.41) is 19.6. The molecule has 1 aromatic heterocycles. The van der Waals surface area contributed by atoms with Crippen LogP contribution in [0.2, 0.25) is 0 Å². The van der Waals surface area contributed by atoms with Gasteiger partial charge in [0, 0.05) is 17.5 Å². The van der Waals surface area contributed by atoms with Crippen molar-refractivity contribution in [3.8, 4) is 0 Å². The van der Waals surface area contributed by atoms with Gasteiger partial charge in [0.1, 0.15) is 0 Å². The predicted octanol–water partition coefficient (Wildman–Crippen LogP) is 1.95. The minimum absolute atomic E-state index is 0.192. The molecule has 6 heteroatoms. The van der Waals surface area contributed by atoms with Crippen LogP contribution in [0.25, 0.3) is 10.9 Å². The number of aliphatic hydroxyl groups excluding tert-OH is 2. The van der Waals surface area contributed by atoms with Gasteiger partial charge < -0.3 is 10.2 Å². The van der Waals surface area contributed by atoms with E-state index in [4.69, 9.17) is 0 Å². The van der Waals surface area contributed by atoms with Gasteiger partial charge in [0.05, 0.1) is 23.6 Å². The van der Waals surface area contributed by atoms with Gasteiger partial charge in [-0.3, -0.25) is 0 Å². The number of fused-ring (bicyclic) bond motifs is 1. The van der Waals surface area contributed by atoms with Crippen molar-refractivity contribution in [3.63, 3.8) is 0 Å². The molecule has 0 atom stereocenters. The third-order valence-electron chi connectivity index (χ3n) is 3.89. The second-order valence-corrected chi connectivity index (χ2v) is 7.09. The Morgan fingerprint density at radius 3 is 2.17 bits per heavy atom. The SMILES string of the molecule is O=S(=O)(c1ccccc1)n1cc(C(CO)CO)c2ccccc21. The van der Waals surface area contributed by atoms with Crippen LogP contribution in [-0.2, 0) is 10.0 Å². The van der Waals surface area contributed by atoms with Crippen molar-refractivity contribution >= 4 is 20.9 Å². The quantitative estimate of drug-likeness (QED) is 0.749. The molecule has 0 radical (unpaired) electrons. The lowest BCUT2D eigenvalue weighted by molar-refractivity contribution is 0.193. The van der Waals surface area contributed by atoms with Gasteiger partial charge in [-0.25, -0.2) is 12.4 Å². The van der Waals surface area contributed by atoms with E-state index in [0.29, 0.717) is 16.5 Å². The monoisotopic (exact) mass is 331 g/mol. The molecule has 0 aliphatic heterocycles. The van der Waals surface area contributed by atoms with E-state index in [2.05, 4.69) is 0 Å². The zero-order valence-electron chi connectivity index (χ0n) is 12.3. The highest BCUT2D eigenvalue weighted by molar-refractivity contribution is 7.90. The molecule has 0 saturated carbocycles. The maximum Gasteiger partial charge on any atom is 0.268 e. The molecule has 0 aliphatic carbocycles. The average Bonchev–Trinajstić information content (AvgIpc) is 2.97. The Labute approximate surface area is 134 Å². The van der Waals surface area contributed by atoms with E-state index in [0.717, 1.165) is 0 Å². The van der Waals surface area contributed by atoms with Crippen LogP contribution in [0, 0.1) is 0 Å².